The van der Waals surface area contributed by atoms with Gasteiger partial charge in [0, 0.05) is 40.3 Å². The van der Waals surface area contributed by atoms with Gasteiger partial charge in [0.15, 0.2) is 6.04 Å². The molecule has 0 saturated heterocycles. The number of carbonyl (C=O) groups excluding carboxylic acids is 1. The number of aliphatic carboxylic acids is 1. The Kier molecular flexibility index (Phi) is 5.00. The summed E-state index contributed by atoms with van der Waals surface area (Å²) in [7, 11) is -1.01. The van der Waals surface area contributed by atoms with E-state index in [2.05, 4.69) is 5.32 Å². The first-order valence-corrected chi connectivity index (χ1v) is 9.17. The van der Waals surface area contributed by atoms with Crippen LogP contribution in [0.15, 0.2) is 11.4 Å². The zero-order valence-corrected chi connectivity index (χ0v) is 13.5. The summed E-state index contributed by atoms with van der Waals surface area (Å²) in [5.41, 5.74) is 0.695. The molecule has 2 heterocycles. The minimum absolute atomic E-state index is 0.262. The summed E-state index contributed by atoms with van der Waals surface area (Å²) in [6.07, 6.45) is 2.24. The van der Waals surface area contributed by atoms with Crippen molar-refractivity contribution < 1.29 is 18.9 Å². The van der Waals surface area contributed by atoms with Crippen molar-refractivity contribution in [3.05, 3.63) is 21.9 Å². The molecule has 0 spiro atoms. The molecule has 21 heavy (non-hydrogen) atoms. The van der Waals surface area contributed by atoms with Crippen molar-refractivity contribution in [3.63, 3.8) is 0 Å². The fourth-order valence-corrected chi connectivity index (χ4v) is 4.18. The lowest BCUT2D eigenvalue weighted by Crippen LogP contribution is -2.50. The molecule has 3 atom stereocenters. The highest BCUT2D eigenvalue weighted by Crippen LogP contribution is 2.33. The van der Waals surface area contributed by atoms with Gasteiger partial charge in [-0.05, 0) is 30.4 Å². The van der Waals surface area contributed by atoms with E-state index in [1.807, 2.05) is 5.38 Å². The van der Waals surface area contributed by atoms with Crippen molar-refractivity contribution in [1.82, 2.24) is 10.2 Å². The van der Waals surface area contributed by atoms with Crippen LogP contribution in [-0.4, -0.2) is 50.8 Å². The van der Waals surface area contributed by atoms with E-state index in [4.69, 9.17) is 0 Å². The van der Waals surface area contributed by atoms with E-state index in [1.54, 1.807) is 19.2 Å². The highest BCUT2D eigenvalue weighted by molar-refractivity contribution is 7.84. The van der Waals surface area contributed by atoms with Crippen molar-refractivity contribution in [1.29, 1.82) is 0 Å². The molecule has 6 nitrogen and oxygen atoms in total. The number of thiophene rings is 1. The maximum atomic E-state index is 12.3. The quantitative estimate of drug-likeness (QED) is 0.869. The third kappa shape index (κ3) is 3.62. The molecule has 0 radical (unpaired) electrons. The SMILES string of the molecule is CC(CS(C)=O)NC(=O)N1CCc2sccc2C1C(=O)O. The molecule has 0 bridgehead atoms. The molecule has 1 aliphatic rings. The zero-order chi connectivity index (χ0) is 15.6. The van der Waals surface area contributed by atoms with Crippen molar-refractivity contribution in [2.45, 2.75) is 25.4 Å². The van der Waals surface area contributed by atoms with Gasteiger partial charge in [0.05, 0.1) is 0 Å². The summed E-state index contributed by atoms with van der Waals surface area (Å²) in [6, 6.07) is 0.140. The van der Waals surface area contributed by atoms with Gasteiger partial charge < -0.3 is 15.3 Å². The Morgan fingerprint density at radius 3 is 2.95 bits per heavy atom. The van der Waals surface area contributed by atoms with Crippen LogP contribution in [0, 0.1) is 0 Å². The maximum Gasteiger partial charge on any atom is 0.331 e. The van der Waals surface area contributed by atoms with Crippen LogP contribution in [-0.2, 0) is 22.0 Å². The fourth-order valence-electron chi connectivity index (χ4n) is 2.49. The van der Waals surface area contributed by atoms with Gasteiger partial charge in [-0.2, -0.15) is 0 Å². The lowest BCUT2D eigenvalue weighted by atomic mass is 10.0. The van der Waals surface area contributed by atoms with Gasteiger partial charge in [-0.1, -0.05) is 0 Å². The molecule has 1 aliphatic heterocycles. The van der Waals surface area contributed by atoms with Crippen LogP contribution in [0.4, 0.5) is 4.79 Å². The van der Waals surface area contributed by atoms with Crippen molar-refractivity contribution >= 4 is 34.1 Å². The fraction of sp³-hybridized carbons (Fsp3) is 0.538. The number of carboxylic acid groups (broad SMARTS) is 1. The Labute approximate surface area is 129 Å². The third-order valence-electron chi connectivity index (χ3n) is 3.32. The molecule has 8 heteroatoms. The van der Waals surface area contributed by atoms with Crippen LogP contribution >= 0.6 is 11.3 Å². The second-order valence-electron chi connectivity index (χ2n) is 5.07. The van der Waals surface area contributed by atoms with Crippen LogP contribution < -0.4 is 5.32 Å². The highest BCUT2D eigenvalue weighted by Gasteiger charge is 2.36. The predicted molar refractivity (Wildman–Crippen MR) is 82.0 cm³/mol. The highest BCUT2D eigenvalue weighted by atomic mass is 32.2. The summed E-state index contributed by atoms with van der Waals surface area (Å²) in [5, 5.41) is 14.0. The number of hydrogen-bond donors (Lipinski definition) is 2. The van der Waals surface area contributed by atoms with Crippen molar-refractivity contribution in [3.8, 4) is 0 Å². The molecule has 0 fully saturated rings. The van der Waals surface area contributed by atoms with E-state index < -0.39 is 28.8 Å². The maximum absolute atomic E-state index is 12.3. The molecule has 2 N–H and O–H groups in total. The molecular formula is C13H18N2O4S2. The van der Waals surface area contributed by atoms with E-state index in [0.717, 1.165) is 4.88 Å². The molecule has 2 amide bonds. The molecular weight excluding hydrogens is 312 g/mol. The van der Waals surface area contributed by atoms with Gasteiger partial charge in [0.25, 0.3) is 0 Å². The monoisotopic (exact) mass is 330 g/mol. The van der Waals surface area contributed by atoms with Crippen LogP contribution in [0.25, 0.3) is 0 Å². The lowest BCUT2D eigenvalue weighted by molar-refractivity contribution is -0.142. The van der Waals surface area contributed by atoms with E-state index >= 15 is 0 Å². The van der Waals surface area contributed by atoms with E-state index in [9.17, 15) is 18.9 Å². The van der Waals surface area contributed by atoms with Crippen LogP contribution in [0.3, 0.4) is 0 Å². The van der Waals surface area contributed by atoms with Gasteiger partial charge in [-0.3, -0.25) is 4.21 Å². The molecule has 2 rings (SSSR count). The van der Waals surface area contributed by atoms with Gasteiger partial charge in [0.2, 0.25) is 0 Å². The van der Waals surface area contributed by atoms with E-state index in [1.165, 1.54) is 16.2 Å². The molecule has 1 aromatic rings. The van der Waals surface area contributed by atoms with Gasteiger partial charge in [0.1, 0.15) is 0 Å². The predicted octanol–water partition coefficient (Wildman–Crippen LogP) is 1.21. The van der Waals surface area contributed by atoms with Crippen molar-refractivity contribution in [2.75, 3.05) is 18.6 Å². The smallest absolute Gasteiger partial charge is 0.331 e. The molecule has 1 aromatic heterocycles. The van der Waals surface area contributed by atoms with Crippen molar-refractivity contribution in [2.24, 2.45) is 0 Å². The van der Waals surface area contributed by atoms with Gasteiger partial charge in [-0.15, -0.1) is 11.3 Å². The van der Waals surface area contributed by atoms with Gasteiger partial charge >= 0.3 is 12.0 Å². The third-order valence-corrected chi connectivity index (χ3v) is 5.28. The number of hydrogen-bond acceptors (Lipinski definition) is 4. The Bertz CT molecular complexity index is 572. The first-order valence-electron chi connectivity index (χ1n) is 6.56. The van der Waals surface area contributed by atoms with Crippen LogP contribution in [0.5, 0.6) is 0 Å². The minimum Gasteiger partial charge on any atom is -0.479 e. The number of rotatable bonds is 4. The van der Waals surface area contributed by atoms with Crippen LogP contribution in [0.2, 0.25) is 0 Å². The topological polar surface area (TPSA) is 86.7 Å². The first kappa shape index (κ1) is 16.0. The Morgan fingerprint density at radius 2 is 2.33 bits per heavy atom. The number of nitrogens with zero attached hydrogens (tertiary/aromatic N) is 1. The van der Waals surface area contributed by atoms with Crippen LogP contribution in [0.1, 0.15) is 23.4 Å². The Balaban J connectivity index is 2.13. The first-order chi connectivity index (χ1) is 9.90. The largest absolute Gasteiger partial charge is 0.479 e. The lowest BCUT2D eigenvalue weighted by Gasteiger charge is -2.33. The number of urea groups is 1. The molecule has 116 valence electrons. The Morgan fingerprint density at radius 1 is 1.62 bits per heavy atom. The zero-order valence-electron chi connectivity index (χ0n) is 11.9. The van der Waals surface area contributed by atoms with Gasteiger partial charge in [-0.25, -0.2) is 9.59 Å². The van der Waals surface area contributed by atoms with E-state index in [-0.39, 0.29) is 6.04 Å². The normalized spacial score (nSPS) is 20.5. The number of amides is 2. The average molecular weight is 330 g/mol. The number of fused-ring (bicyclic) bond motifs is 1. The Hall–Kier alpha value is -1.41. The second-order valence-corrected chi connectivity index (χ2v) is 7.55. The molecule has 0 aromatic carbocycles. The summed E-state index contributed by atoms with van der Waals surface area (Å²) >= 11 is 1.52. The number of carboxylic acids is 1. The number of nitrogens with one attached hydrogen (secondary N) is 1. The summed E-state index contributed by atoms with van der Waals surface area (Å²) in [4.78, 5) is 26.2. The summed E-state index contributed by atoms with van der Waals surface area (Å²) in [6.45, 7) is 2.13. The minimum atomic E-state index is -1.03. The standard InChI is InChI=1S/C13H18N2O4S2/c1-8(7-21(2)19)14-13(18)15-5-3-10-9(4-6-20-10)11(15)12(16)17/h4,6,8,11H,3,5,7H2,1-2H3,(H,14,18)(H,16,17). The summed E-state index contributed by atoms with van der Waals surface area (Å²) < 4.78 is 11.2. The average Bonchev–Trinajstić information content (AvgIpc) is 2.83. The van der Waals surface area contributed by atoms with E-state index in [0.29, 0.717) is 24.3 Å². The number of carbonyl (C=O) groups is 2. The molecule has 3 unspecified atom stereocenters. The molecule has 0 saturated carbocycles. The summed E-state index contributed by atoms with van der Waals surface area (Å²) in [5.74, 6) is -0.683. The second kappa shape index (κ2) is 6.57. The molecule has 0 aliphatic carbocycles.